The Hall–Kier alpha value is -0.240. The number of benzene rings is 1. The fraction of sp³-hybridized carbons (Fsp3) is 0.125. The Morgan fingerprint density at radius 3 is 2.27 bits per heavy atom. The summed E-state index contributed by atoms with van der Waals surface area (Å²) in [5.74, 6) is 0.623. The molecule has 0 radical (unpaired) electrons. The molecule has 5 nitrogen and oxygen atoms in total. The van der Waals surface area contributed by atoms with E-state index in [2.05, 4.69) is 0 Å². The van der Waals surface area contributed by atoms with Crippen LogP contribution in [0.5, 0.6) is 5.75 Å². The Kier molecular flexibility index (Phi) is 11.8. The fourth-order valence-corrected chi connectivity index (χ4v) is 0.764. The molecule has 1 aromatic rings. The van der Waals surface area contributed by atoms with Crippen molar-refractivity contribution >= 4 is 17.6 Å². The largest absolute Gasteiger partial charge is 1.00 e. The minimum absolute atomic E-state index is 0. The number of ether oxygens (including phenoxy) is 1. The van der Waals surface area contributed by atoms with Crippen LogP contribution in [0.3, 0.4) is 0 Å². The van der Waals surface area contributed by atoms with Crippen molar-refractivity contribution in [3.63, 3.8) is 0 Å². The van der Waals surface area contributed by atoms with Gasteiger partial charge in [-0.2, -0.15) is 0 Å². The summed E-state index contributed by atoms with van der Waals surface area (Å²) < 4.78 is 29.0. The zero-order valence-electron chi connectivity index (χ0n) is 8.38. The molecule has 1 N–H and O–H groups in total. The topological polar surface area (TPSA) is 86.7 Å². The number of methoxy groups -OCH3 is 1. The van der Waals surface area contributed by atoms with Gasteiger partial charge in [-0.3, -0.25) is 4.79 Å². The zero-order valence-corrected chi connectivity index (χ0v) is 11.2. The van der Waals surface area contributed by atoms with E-state index >= 15 is 0 Å². The normalized spacial score (nSPS) is 10.1. The van der Waals surface area contributed by atoms with Gasteiger partial charge in [0.25, 0.3) is 0 Å². The predicted octanol–water partition coefficient (Wildman–Crippen LogP) is -2.15. The van der Waals surface area contributed by atoms with E-state index < -0.39 is 11.4 Å². The molecule has 1 atom stereocenters. The Balaban J connectivity index is 0. The molecule has 0 spiro atoms. The molecule has 78 valence electrons. The molecule has 0 saturated carbocycles. The summed E-state index contributed by atoms with van der Waals surface area (Å²) in [6.07, 6.45) is 0.777. The molecule has 0 bridgehead atoms. The van der Waals surface area contributed by atoms with Crippen LogP contribution in [0, 0.1) is 0 Å². The van der Waals surface area contributed by atoms with Crippen LogP contribution in [-0.4, -0.2) is 26.7 Å². The third-order valence-electron chi connectivity index (χ3n) is 1.27. The number of carbonyl (C=O) groups excluding carboxylic acids is 1. The average molecular weight is 240 g/mol. The van der Waals surface area contributed by atoms with Crippen molar-refractivity contribution in [3.05, 3.63) is 29.8 Å². The monoisotopic (exact) mass is 240 g/mol. The maximum absolute atomic E-state index is 10.3. The molecule has 1 unspecified atom stereocenters. The summed E-state index contributed by atoms with van der Waals surface area (Å²) in [7, 11) is 1.54. The van der Waals surface area contributed by atoms with Crippen molar-refractivity contribution in [2.45, 2.75) is 0 Å². The van der Waals surface area contributed by atoms with Gasteiger partial charge >= 0.3 is 29.6 Å². The van der Waals surface area contributed by atoms with E-state index in [1.54, 1.807) is 25.3 Å². The summed E-state index contributed by atoms with van der Waals surface area (Å²) in [6.45, 7) is 0. The molecule has 0 aliphatic rings. The molecule has 0 fully saturated rings. The predicted molar refractivity (Wildman–Crippen MR) is 49.9 cm³/mol. The van der Waals surface area contributed by atoms with Crippen molar-refractivity contribution in [1.82, 2.24) is 0 Å². The first kappa shape index (κ1) is 17.2. The van der Waals surface area contributed by atoms with Crippen LogP contribution >= 0.6 is 0 Å². The van der Waals surface area contributed by atoms with Crippen LogP contribution in [0.2, 0.25) is 0 Å². The van der Waals surface area contributed by atoms with E-state index in [1.165, 1.54) is 0 Å². The molecule has 1 rings (SSSR count). The first-order valence-corrected chi connectivity index (χ1v) is 4.51. The number of para-hydroxylation sites is 1. The van der Waals surface area contributed by atoms with Crippen LogP contribution < -0.4 is 34.3 Å². The quantitative estimate of drug-likeness (QED) is 0.362. The van der Waals surface area contributed by atoms with Gasteiger partial charge in [-0.1, -0.05) is 12.1 Å². The molecule has 0 aliphatic carbocycles. The number of carbonyl (C=O) groups is 1. The number of hydrogen-bond acceptors (Lipinski definition) is 4. The summed E-state index contributed by atoms with van der Waals surface area (Å²) in [4.78, 5) is 10.3. The molecule has 0 amide bonds. The van der Waals surface area contributed by atoms with Gasteiger partial charge in [-0.15, -0.1) is 0 Å². The molecule has 0 aromatic heterocycles. The van der Waals surface area contributed by atoms with Crippen LogP contribution in [0.15, 0.2) is 24.3 Å². The van der Waals surface area contributed by atoms with Gasteiger partial charge in [0.1, 0.15) is 5.75 Å². The van der Waals surface area contributed by atoms with Crippen molar-refractivity contribution in [2.24, 2.45) is 0 Å². The van der Waals surface area contributed by atoms with Crippen LogP contribution in [0.4, 0.5) is 0 Å². The van der Waals surface area contributed by atoms with E-state index in [4.69, 9.17) is 18.1 Å². The van der Waals surface area contributed by atoms with Crippen LogP contribution in [0.25, 0.3) is 0 Å². The number of aldehydes is 1. The minimum atomic E-state index is -2.86. The van der Waals surface area contributed by atoms with Crippen molar-refractivity contribution in [2.75, 3.05) is 7.11 Å². The molecule has 15 heavy (non-hydrogen) atoms. The van der Waals surface area contributed by atoms with E-state index in [9.17, 15) is 4.79 Å². The van der Waals surface area contributed by atoms with Crippen LogP contribution in [-0.2, 0) is 11.4 Å². The maximum Gasteiger partial charge on any atom is 1.00 e. The molecule has 1 aromatic carbocycles. The standard InChI is InChI=1S/C8H8O2.Na.H2O3S/c1-10-8-5-3-2-4-7(8)6-9;;1-4(2)3/h2-6H,1H3;;(H2,1,2,3)/q;+1;/p-1. The Labute approximate surface area is 112 Å². The third-order valence-corrected chi connectivity index (χ3v) is 1.27. The van der Waals surface area contributed by atoms with Gasteiger partial charge < -0.3 is 13.8 Å². The smallest absolute Gasteiger partial charge is 0.750 e. The molecule has 0 aliphatic heterocycles. The van der Waals surface area contributed by atoms with Crippen molar-refractivity contribution in [3.8, 4) is 5.75 Å². The second kappa shape index (κ2) is 10.3. The minimum Gasteiger partial charge on any atom is -0.750 e. The first-order chi connectivity index (χ1) is 6.61. The second-order valence-electron chi connectivity index (χ2n) is 2.08. The van der Waals surface area contributed by atoms with Gasteiger partial charge in [0.2, 0.25) is 0 Å². The summed E-state index contributed by atoms with van der Waals surface area (Å²) >= 11 is -2.86. The van der Waals surface area contributed by atoms with Crippen molar-refractivity contribution < 1.29 is 52.4 Å². The van der Waals surface area contributed by atoms with E-state index in [1.807, 2.05) is 6.07 Å². The van der Waals surface area contributed by atoms with E-state index in [-0.39, 0.29) is 29.6 Å². The first-order valence-electron chi connectivity index (χ1n) is 3.48. The zero-order chi connectivity index (χ0) is 11.0. The van der Waals surface area contributed by atoms with Gasteiger partial charge in [-0.05, 0) is 12.1 Å². The second-order valence-corrected chi connectivity index (χ2v) is 2.51. The molecule has 0 saturated heterocycles. The third kappa shape index (κ3) is 8.73. The van der Waals surface area contributed by atoms with Gasteiger partial charge in [0, 0.05) is 0 Å². The Bertz CT molecular complexity index is 314. The van der Waals surface area contributed by atoms with Crippen LogP contribution in [0.1, 0.15) is 10.4 Å². The summed E-state index contributed by atoms with van der Waals surface area (Å²) in [6, 6.07) is 7.09. The summed E-state index contributed by atoms with van der Waals surface area (Å²) in [5.41, 5.74) is 0.588. The molecular formula is C8H9NaO5S. The van der Waals surface area contributed by atoms with E-state index in [0.717, 1.165) is 6.29 Å². The SMILES string of the molecule is COc1ccccc1C=O.O=S([O-])O.[Na+]. The Morgan fingerprint density at radius 2 is 1.93 bits per heavy atom. The number of rotatable bonds is 2. The maximum atomic E-state index is 10.3. The average Bonchev–Trinajstić information content (AvgIpc) is 2.17. The number of hydrogen-bond donors (Lipinski definition) is 1. The fourth-order valence-electron chi connectivity index (χ4n) is 0.764. The van der Waals surface area contributed by atoms with Gasteiger partial charge in [0.05, 0.1) is 24.0 Å². The molecule has 0 heterocycles. The van der Waals surface area contributed by atoms with Gasteiger partial charge in [0.15, 0.2) is 6.29 Å². The molecular weight excluding hydrogens is 231 g/mol. The summed E-state index contributed by atoms with van der Waals surface area (Å²) in [5, 5.41) is 0. The van der Waals surface area contributed by atoms with E-state index in [0.29, 0.717) is 11.3 Å². The molecule has 7 heteroatoms. The van der Waals surface area contributed by atoms with Crippen molar-refractivity contribution in [1.29, 1.82) is 0 Å². The van der Waals surface area contributed by atoms with Gasteiger partial charge in [-0.25, -0.2) is 4.21 Å². The Morgan fingerprint density at radius 1 is 1.47 bits per heavy atom.